The van der Waals surface area contributed by atoms with Gasteiger partial charge in [0.15, 0.2) is 0 Å². The minimum absolute atomic E-state index is 0.150. The van der Waals surface area contributed by atoms with E-state index in [9.17, 15) is 4.79 Å². The Balaban J connectivity index is 1.36. The number of benzene rings is 1. The Morgan fingerprint density at radius 1 is 1.04 bits per heavy atom. The summed E-state index contributed by atoms with van der Waals surface area (Å²) in [6.07, 6.45) is 5.50. The summed E-state index contributed by atoms with van der Waals surface area (Å²) in [5, 5.41) is 3.50. The topological polar surface area (TPSA) is 60.7 Å². The molecule has 120 valence electrons. The molecule has 2 heterocycles. The SMILES string of the molecule is O=c1[nH]c2ccc(CNCc3ccc(C4CCCC4)s3)cc2[nH]1. The second-order valence-electron chi connectivity index (χ2n) is 6.35. The van der Waals surface area contributed by atoms with Gasteiger partial charge >= 0.3 is 5.69 Å². The largest absolute Gasteiger partial charge is 0.323 e. The van der Waals surface area contributed by atoms with Crippen molar-refractivity contribution in [2.24, 2.45) is 0 Å². The number of H-pyrrole nitrogens is 2. The normalized spacial score (nSPS) is 15.7. The second kappa shape index (κ2) is 6.34. The van der Waals surface area contributed by atoms with E-state index in [1.165, 1.54) is 36.1 Å². The highest BCUT2D eigenvalue weighted by atomic mass is 32.1. The molecule has 2 aromatic heterocycles. The molecular weight excluding hydrogens is 306 g/mol. The first-order valence-corrected chi connectivity index (χ1v) is 9.10. The Morgan fingerprint density at radius 3 is 2.74 bits per heavy atom. The molecular formula is C18H21N3OS. The lowest BCUT2D eigenvalue weighted by Crippen LogP contribution is -2.11. The molecule has 3 aromatic rings. The Labute approximate surface area is 138 Å². The van der Waals surface area contributed by atoms with Crippen molar-refractivity contribution in [2.45, 2.75) is 44.7 Å². The van der Waals surface area contributed by atoms with Gasteiger partial charge in [0.2, 0.25) is 0 Å². The van der Waals surface area contributed by atoms with Crippen LogP contribution in [-0.4, -0.2) is 9.97 Å². The molecule has 0 radical (unpaired) electrons. The smallest absolute Gasteiger partial charge is 0.308 e. The molecule has 23 heavy (non-hydrogen) atoms. The van der Waals surface area contributed by atoms with Gasteiger partial charge in [-0.05, 0) is 48.6 Å². The summed E-state index contributed by atoms with van der Waals surface area (Å²) in [5.41, 5.74) is 2.76. The summed E-state index contributed by atoms with van der Waals surface area (Å²) >= 11 is 1.96. The van der Waals surface area contributed by atoms with Crippen LogP contribution in [0.15, 0.2) is 35.1 Å². The predicted molar refractivity (Wildman–Crippen MR) is 95.0 cm³/mol. The monoisotopic (exact) mass is 327 g/mol. The third-order valence-corrected chi connectivity index (χ3v) is 5.90. The zero-order chi connectivity index (χ0) is 15.6. The minimum atomic E-state index is -0.150. The maximum Gasteiger partial charge on any atom is 0.323 e. The summed E-state index contributed by atoms with van der Waals surface area (Å²) in [6, 6.07) is 10.6. The Hall–Kier alpha value is -1.85. The van der Waals surface area contributed by atoms with Gasteiger partial charge in [0, 0.05) is 22.8 Å². The van der Waals surface area contributed by atoms with Crippen LogP contribution in [0, 0.1) is 0 Å². The Morgan fingerprint density at radius 2 is 1.87 bits per heavy atom. The molecule has 1 fully saturated rings. The van der Waals surface area contributed by atoms with Gasteiger partial charge in [-0.15, -0.1) is 11.3 Å². The number of aromatic amines is 2. The third-order valence-electron chi connectivity index (χ3n) is 4.65. The number of fused-ring (bicyclic) bond motifs is 1. The molecule has 3 N–H and O–H groups in total. The minimum Gasteiger partial charge on any atom is -0.308 e. The van der Waals surface area contributed by atoms with Crippen molar-refractivity contribution >= 4 is 22.4 Å². The van der Waals surface area contributed by atoms with Crippen LogP contribution < -0.4 is 11.0 Å². The van der Waals surface area contributed by atoms with Crippen LogP contribution in [0.25, 0.3) is 11.0 Å². The third kappa shape index (κ3) is 3.26. The lowest BCUT2D eigenvalue weighted by Gasteiger charge is -2.05. The number of rotatable bonds is 5. The molecule has 0 amide bonds. The van der Waals surface area contributed by atoms with E-state index in [2.05, 4.69) is 33.5 Å². The molecule has 1 aromatic carbocycles. The molecule has 4 nitrogen and oxygen atoms in total. The van der Waals surface area contributed by atoms with Gasteiger partial charge in [-0.25, -0.2) is 4.79 Å². The van der Waals surface area contributed by atoms with Gasteiger partial charge < -0.3 is 15.3 Å². The summed E-state index contributed by atoms with van der Waals surface area (Å²) in [5.74, 6) is 0.807. The highest BCUT2D eigenvalue weighted by Gasteiger charge is 2.18. The van der Waals surface area contributed by atoms with Gasteiger partial charge in [-0.3, -0.25) is 0 Å². The fourth-order valence-electron chi connectivity index (χ4n) is 3.44. The van der Waals surface area contributed by atoms with Crippen molar-refractivity contribution in [3.05, 3.63) is 56.1 Å². The van der Waals surface area contributed by atoms with E-state index in [1.54, 1.807) is 4.88 Å². The molecule has 0 atom stereocenters. The van der Waals surface area contributed by atoms with Crippen molar-refractivity contribution in [3.63, 3.8) is 0 Å². The predicted octanol–water partition coefficient (Wildman–Crippen LogP) is 3.87. The van der Waals surface area contributed by atoms with Crippen LogP contribution >= 0.6 is 11.3 Å². The van der Waals surface area contributed by atoms with Crippen LogP contribution in [0.4, 0.5) is 0 Å². The number of imidazole rings is 1. The standard InChI is InChI=1S/C18H21N3OS/c22-18-20-15-7-5-12(9-16(15)21-18)10-19-11-14-6-8-17(23-14)13-3-1-2-4-13/h5-9,13,19H,1-4,10-11H2,(H2,20,21,22). The lowest BCUT2D eigenvalue weighted by atomic mass is 10.1. The number of hydrogen-bond acceptors (Lipinski definition) is 3. The van der Waals surface area contributed by atoms with Crippen molar-refractivity contribution < 1.29 is 0 Å². The molecule has 0 bridgehead atoms. The van der Waals surface area contributed by atoms with E-state index in [0.717, 1.165) is 30.0 Å². The summed E-state index contributed by atoms with van der Waals surface area (Å²) < 4.78 is 0. The molecule has 1 saturated carbocycles. The van der Waals surface area contributed by atoms with Crippen LogP contribution in [0.2, 0.25) is 0 Å². The number of thiophene rings is 1. The Bertz CT molecular complexity index is 854. The summed E-state index contributed by atoms with van der Waals surface area (Å²) in [6.45, 7) is 1.71. The highest BCUT2D eigenvalue weighted by molar-refractivity contribution is 7.12. The van der Waals surface area contributed by atoms with Gasteiger partial charge in [-0.1, -0.05) is 18.9 Å². The van der Waals surface area contributed by atoms with Crippen LogP contribution in [0.5, 0.6) is 0 Å². The first-order valence-electron chi connectivity index (χ1n) is 8.28. The quantitative estimate of drug-likeness (QED) is 0.666. The molecule has 1 aliphatic rings. The van der Waals surface area contributed by atoms with Gasteiger partial charge in [-0.2, -0.15) is 0 Å². The number of aromatic nitrogens is 2. The highest BCUT2D eigenvalue weighted by Crippen LogP contribution is 2.37. The van der Waals surface area contributed by atoms with E-state index in [0.29, 0.717) is 0 Å². The number of nitrogens with one attached hydrogen (secondary N) is 3. The van der Waals surface area contributed by atoms with E-state index in [4.69, 9.17) is 0 Å². The van der Waals surface area contributed by atoms with Crippen LogP contribution in [-0.2, 0) is 13.1 Å². The van der Waals surface area contributed by atoms with Gasteiger partial charge in [0.1, 0.15) is 0 Å². The first kappa shape index (κ1) is 14.7. The molecule has 0 aliphatic heterocycles. The molecule has 0 unspecified atom stereocenters. The van der Waals surface area contributed by atoms with Gasteiger partial charge in [0.05, 0.1) is 11.0 Å². The number of hydrogen-bond donors (Lipinski definition) is 3. The second-order valence-corrected chi connectivity index (χ2v) is 7.55. The zero-order valence-corrected chi connectivity index (χ0v) is 13.8. The molecule has 0 saturated heterocycles. The van der Waals surface area contributed by atoms with Crippen molar-refractivity contribution in [3.8, 4) is 0 Å². The maximum absolute atomic E-state index is 11.3. The fraction of sp³-hybridized carbons (Fsp3) is 0.389. The summed E-state index contributed by atoms with van der Waals surface area (Å²) in [4.78, 5) is 19.8. The van der Waals surface area contributed by atoms with Crippen LogP contribution in [0.3, 0.4) is 0 Å². The van der Waals surface area contributed by atoms with E-state index < -0.39 is 0 Å². The maximum atomic E-state index is 11.3. The summed E-state index contributed by atoms with van der Waals surface area (Å²) in [7, 11) is 0. The molecule has 4 rings (SSSR count). The first-order chi connectivity index (χ1) is 11.3. The van der Waals surface area contributed by atoms with E-state index in [-0.39, 0.29) is 5.69 Å². The lowest BCUT2D eigenvalue weighted by molar-refractivity contribution is 0.701. The average molecular weight is 327 g/mol. The van der Waals surface area contributed by atoms with E-state index in [1.807, 2.05) is 23.5 Å². The van der Waals surface area contributed by atoms with Crippen molar-refractivity contribution in [1.82, 2.24) is 15.3 Å². The zero-order valence-electron chi connectivity index (χ0n) is 13.0. The molecule has 0 spiro atoms. The van der Waals surface area contributed by atoms with Crippen LogP contribution in [0.1, 0.15) is 46.9 Å². The van der Waals surface area contributed by atoms with E-state index >= 15 is 0 Å². The average Bonchev–Trinajstić information content (AvgIpc) is 3.26. The van der Waals surface area contributed by atoms with Gasteiger partial charge in [0.25, 0.3) is 0 Å². The van der Waals surface area contributed by atoms with Crippen molar-refractivity contribution in [2.75, 3.05) is 0 Å². The van der Waals surface area contributed by atoms with Crippen molar-refractivity contribution in [1.29, 1.82) is 0 Å². The molecule has 5 heteroatoms. The molecule has 1 aliphatic carbocycles. The Kier molecular flexibility index (Phi) is 4.06. The fourth-order valence-corrected chi connectivity index (χ4v) is 4.59.